The number of carbonyl (C=O) groups excluding carboxylic acids is 1. The van der Waals surface area contributed by atoms with Gasteiger partial charge < -0.3 is 14.9 Å². The van der Waals surface area contributed by atoms with Gasteiger partial charge in [-0.2, -0.15) is 0 Å². The van der Waals surface area contributed by atoms with Crippen LogP contribution in [0.2, 0.25) is 0 Å². The molecule has 2 N–H and O–H groups in total. The van der Waals surface area contributed by atoms with E-state index < -0.39 is 12.4 Å². The smallest absolute Gasteiger partial charge is 0.308 e. The van der Waals surface area contributed by atoms with E-state index in [0.29, 0.717) is 0 Å². The molecule has 0 saturated carbocycles. The third-order valence-corrected chi connectivity index (χ3v) is 2.17. The quantitative estimate of drug-likeness (QED) is 0.751. The van der Waals surface area contributed by atoms with Crippen LogP contribution in [0, 0.1) is 0 Å². The molecular formula is C11H12O5. The molecule has 1 aromatic carbocycles. The maximum Gasteiger partial charge on any atom is 0.308 e. The Balaban J connectivity index is 3.34. The first-order chi connectivity index (χ1) is 7.47. The molecule has 16 heavy (non-hydrogen) atoms. The second-order valence-corrected chi connectivity index (χ2v) is 3.27. The molecule has 0 spiro atoms. The Morgan fingerprint density at radius 3 is 2.44 bits per heavy atom. The third-order valence-electron chi connectivity index (χ3n) is 2.17. The van der Waals surface area contributed by atoms with Gasteiger partial charge in [-0.05, 0) is 19.1 Å². The molecule has 0 aliphatic rings. The first kappa shape index (κ1) is 12.0. The predicted octanol–water partition coefficient (Wildman–Crippen LogP) is 1.23. The van der Waals surface area contributed by atoms with Gasteiger partial charge in [-0.15, -0.1) is 0 Å². The Morgan fingerprint density at radius 2 is 2.00 bits per heavy atom. The number of Topliss-reactive ketones (excluding diaryl/α,β-unsaturated/α-hetero) is 1. The van der Waals surface area contributed by atoms with E-state index in [0.717, 1.165) is 0 Å². The van der Waals surface area contributed by atoms with Gasteiger partial charge in [0.05, 0.1) is 19.1 Å². The summed E-state index contributed by atoms with van der Waals surface area (Å²) in [4.78, 5) is 21.8. The number of ketones is 1. The number of benzene rings is 1. The first-order valence-corrected chi connectivity index (χ1v) is 4.59. The van der Waals surface area contributed by atoms with Gasteiger partial charge in [0.2, 0.25) is 0 Å². The summed E-state index contributed by atoms with van der Waals surface area (Å²) in [7, 11) is 1.37. The minimum Gasteiger partial charge on any atom is -0.507 e. The standard InChI is InChI=1S/C11H12O5/c1-6(12)7-3-4-9(16-2)8(11(7)15)5-10(13)14/h3-4,15H,5H2,1-2H3,(H,13,14). The van der Waals surface area contributed by atoms with Crippen LogP contribution in [0.4, 0.5) is 0 Å². The zero-order valence-corrected chi connectivity index (χ0v) is 8.98. The summed E-state index contributed by atoms with van der Waals surface area (Å²) >= 11 is 0. The second-order valence-electron chi connectivity index (χ2n) is 3.27. The maximum atomic E-state index is 11.2. The molecule has 0 radical (unpaired) electrons. The van der Waals surface area contributed by atoms with Gasteiger partial charge in [0.25, 0.3) is 0 Å². The lowest BCUT2D eigenvalue weighted by atomic mass is 10.0. The van der Waals surface area contributed by atoms with Crippen LogP contribution in [-0.2, 0) is 11.2 Å². The molecule has 1 rings (SSSR count). The lowest BCUT2D eigenvalue weighted by Crippen LogP contribution is -2.05. The molecule has 0 aliphatic carbocycles. The van der Waals surface area contributed by atoms with E-state index in [4.69, 9.17) is 9.84 Å². The van der Waals surface area contributed by atoms with Crippen molar-refractivity contribution in [3.05, 3.63) is 23.3 Å². The Bertz CT molecular complexity index is 436. The van der Waals surface area contributed by atoms with Gasteiger partial charge in [0.1, 0.15) is 11.5 Å². The minimum atomic E-state index is -1.10. The average Bonchev–Trinajstić information content (AvgIpc) is 2.19. The topological polar surface area (TPSA) is 83.8 Å². The van der Waals surface area contributed by atoms with Crippen molar-refractivity contribution in [1.82, 2.24) is 0 Å². The number of carboxylic acid groups (broad SMARTS) is 1. The fourth-order valence-corrected chi connectivity index (χ4v) is 1.42. The zero-order valence-electron chi connectivity index (χ0n) is 8.98. The number of rotatable bonds is 4. The highest BCUT2D eigenvalue weighted by atomic mass is 16.5. The molecule has 0 bridgehead atoms. The number of hydrogen-bond donors (Lipinski definition) is 2. The van der Waals surface area contributed by atoms with Crippen molar-refractivity contribution in [2.75, 3.05) is 7.11 Å². The molecule has 1 aromatic rings. The van der Waals surface area contributed by atoms with E-state index in [1.165, 1.54) is 26.2 Å². The van der Waals surface area contributed by atoms with E-state index in [9.17, 15) is 14.7 Å². The average molecular weight is 224 g/mol. The molecule has 0 aliphatic heterocycles. The number of carbonyl (C=O) groups is 2. The maximum absolute atomic E-state index is 11.2. The fraction of sp³-hybridized carbons (Fsp3) is 0.273. The van der Waals surface area contributed by atoms with Crippen LogP contribution in [0.25, 0.3) is 0 Å². The number of carboxylic acids is 1. The summed E-state index contributed by atoms with van der Waals surface area (Å²) in [5.41, 5.74) is 0.208. The molecule has 0 unspecified atom stereocenters. The molecule has 86 valence electrons. The first-order valence-electron chi connectivity index (χ1n) is 4.59. The highest BCUT2D eigenvalue weighted by Gasteiger charge is 2.17. The lowest BCUT2D eigenvalue weighted by molar-refractivity contribution is -0.136. The molecule has 0 amide bonds. The van der Waals surface area contributed by atoms with Crippen LogP contribution in [0.1, 0.15) is 22.8 Å². The van der Waals surface area contributed by atoms with E-state index in [1.54, 1.807) is 0 Å². The number of phenols is 1. The Morgan fingerprint density at radius 1 is 1.38 bits per heavy atom. The van der Waals surface area contributed by atoms with Crippen molar-refractivity contribution in [2.45, 2.75) is 13.3 Å². The van der Waals surface area contributed by atoms with Crippen LogP contribution >= 0.6 is 0 Å². The number of phenolic OH excluding ortho intramolecular Hbond substituents is 1. The molecule has 0 fully saturated rings. The van der Waals surface area contributed by atoms with Crippen molar-refractivity contribution < 1.29 is 24.5 Å². The molecule has 0 atom stereocenters. The van der Waals surface area contributed by atoms with Crippen LogP contribution < -0.4 is 4.74 Å². The van der Waals surface area contributed by atoms with Crippen LogP contribution in [0.15, 0.2) is 12.1 Å². The summed E-state index contributed by atoms with van der Waals surface area (Å²) in [6.45, 7) is 1.30. The molecule has 5 heteroatoms. The Hall–Kier alpha value is -2.04. The fourth-order valence-electron chi connectivity index (χ4n) is 1.42. The van der Waals surface area contributed by atoms with Gasteiger partial charge in [0, 0.05) is 5.56 Å². The van der Waals surface area contributed by atoms with Crippen molar-refractivity contribution in [3.8, 4) is 11.5 Å². The van der Waals surface area contributed by atoms with Crippen molar-refractivity contribution in [2.24, 2.45) is 0 Å². The molecule has 0 heterocycles. The zero-order chi connectivity index (χ0) is 12.3. The molecule has 0 saturated heterocycles. The van der Waals surface area contributed by atoms with Crippen LogP contribution in [0.3, 0.4) is 0 Å². The minimum absolute atomic E-state index is 0.0945. The normalized spacial score (nSPS) is 9.88. The Kier molecular flexibility index (Phi) is 3.50. The summed E-state index contributed by atoms with van der Waals surface area (Å²) in [6, 6.07) is 2.87. The van der Waals surface area contributed by atoms with E-state index in [2.05, 4.69) is 0 Å². The highest BCUT2D eigenvalue weighted by Crippen LogP contribution is 2.31. The van der Waals surface area contributed by atoms with Crippen molar-refractivity contribution >= 4 is 11.8 Å². The van der Waals surface area contributed by atoms with Gasteiger partial charge >= 0.3 is 5.97 Å². The molecule has 0 aromatic heterocycles. The monoisotopic (exact) mass is 224 g/mol. The SMILES string of the molecule is COc1ccc(C(C)=O)c(O)c1CC(=O)O. The van der Waals surface area contributed by atoms with Gasteiger partial charge in [0.15, 0.2) is 5.78 Å². The third kappa shape index (κ3) is 2.31. The van der Waals surface area contributed by atoms with Crippen molar-refractivity contribution in [3.63, 3.8) is 0 Å². The van der Waals surface area contributed by atoms with Crippen LogP contribution in [0.5, 0.6) is 11.5 Å². The summed E-state index contributed by atoms with van der Waals surface area (Å²) in [6.07, 6.45) is -0.393. The summed E-state index contributed by atoms with van der Waals surface area (Å²) in [5, 5.41) is 18.4. The highest BCUT2D eigenvalue weighted by molar-refractivity contribution is 5.97. The number of aliphatic carboxylic acids is 1. The summed E-state index contributed by atoms with van der Waals surface area (Å²) in [5.74, 6) is -1.50. The number of hydrogen-bond acceptors (Lipinski definition) is 4. The largest absolute Gasteiger partial charge is 0.507 e. The van der Waals surface area contributed by atoms with Crippen molar-refractivity contribution in [1.29, 1.82) is 0 Å². The van der Waals surface area contributed by atoms with Gasteiger partial charge in [-0.3, -0.25) is 9.59 Å². The number of ether oxygens (including phenoxy) is 1. The van der Waals surface area contributed by atoms with E-state index in [-0.39, 0.29) is 28.4 Å². The van der Waals surface area contributed by atoms with Crippen LogP contribution in [-0.4, -0.2) is 29.1 Å². The van der Waals surface area contributed by atoms with E-state index >= 15 is 0 Å². The number of methoxy groups -OCH3 is 1. The molecule has 5 nitrogen and oxygen atoms in total. The lowest BCUT2D eigenvalue weighted by Gasteiger charge is -2.11. The van der Waals surface area contributed by atoms with E-state index in [1.807, 2.05) is 0 Å². The second kappa shape index (κ2) is 4.65. The predicted molar refractivity (Wildman–Crippen MR) is 56.0 cm³/mol. The van der Waals surface area contributed by atoms with Gasteiger partial charge in [-0.25, -0.2) is 0 Å². The van der Waals surface area contributed by atoms with Gasteiger partial charge in [-0.1, -0.05) is 0 Å². The molecular weight excluding hydrogens is 212 g/mol. The summed E-state index contributed by atoms with van der Waals surface area (Å²) < 4.78 is 4.93. The Labute approximate surface area is 92.3 Å². The number of aromatic hydroxyl groups is 1.